The number of carboxylic acids is 1. The molecule has 9 nitrogen and oxygen atoms in total. The van der Waals surface area contributed by atoms with E-state index >= 15 is 0 Å². The molecule has 9 heteroatoms. The Labute approximate surface area is 213 Å². The van der Waals surface area contributed by atoms with E-state index < -0.39 is 5.97 Å². The predicted molar refractivity (Wildman–Crippen MR) is 138 cm³/mol. The predicted octanol–water partition coefficient (Wildman–Crippen LogP) is 5.13. The molecule has 37 heavy (non-hydrogen) atoms. The van der Waals surface area contributed by atoms with Crippen molar-refractivity contribution in [1.29, 1.82) is 0 Å². The molecule has 190 valence electrons. The zero-order valence-corrected chi connectivity index (χ0v) is 20.7. The van der Waals surface area contributed by atoms with Crippen molar-refractivity contribution in [3.63, 3.8) is 0 Å². The van der Waals surface area contributed by atoms with Gasteiger partial charge in [0.2, 0.25) is 5.76 Å². The first-order chi connectivity index (χ1) is 17.9. The number of amides is 1. The summed E-state index contributed by atoms with van der Waals surface area (Å²) in [5.74, 6) is -0.310. The number of hydrogen-bond donors (Lipinski definition) is 2. The molecule has 0 aliphatic carbocycles. The summed E-state index contributed by atoms with van der Waals surface area (Å²) in [5, 5.41) is 13.1. The van der Waals surface area contributed by atoms with Crippen LogP contribution in [0.3, 0.4) is 0 Å². The van der Waals surface area contributed by atoms with Crippen LogP contribution in [0.25, 0.3) is 5.69 Å². The number of hydrazone groups is 1. The highest BCUT2D eigenvalue weighted by molar-refractivity contribution is 5.95. The monoisotopic (exact) mass is 501 g/mol. The molecule has 0 saturated heterocycles. The summed E-state index contributed by atoms with van der Waals surface area (Å²) in [4.78, 5) is 23.7. The molecular formula is C28H27N3O6. The molecule has 0 radical (unpaired) electrons. The number of carbonyl (C=O) groups excluding carboxylic acids is 1. The smallest absolute Gasteiger partial charge is 0.371 e. The van der Waals surface area contributed by atoms with Crippen molar-refractivity contribution in [2.45, 2.75) is 27.4 Å². The minimum atomic E-state index is -1.14. The number of rotatable bonds is 10. The highest BCUT2D eigenvalue weighted by atomic mass is 16.5. The van der Waals surface area contributed by atoms with E-state index in [4.69, 9.17) is 19.0 Å². The minimum absolute atomic E-state index is 0.0397. The second kappa shape index (κ2) is 11.3. The standard InChI is InChI=1S/C28H27N3O6/c1-4-35-26-14-20(10-12-24(26)36-17-23-11-13-25(37-23)28(33)34)16-29-30-27(32)21-6-5-7-22(15-21)31-18(2)8-9-19(31)3/h5-16H,4,17H2,1-3H3,(H,30,32)(H,33,34). The maximum Gasteiger partial charge on any atom is 0.371 e. The number of nitrogens with zero attached hydrogens (tertiary/aromatic N) is 2. The van der Waals surface area contributed by atoms with Gasteiger partial charge in [0.25, 0.3) is 5.91 Å². The molecule has 2 aromatic carbocycles. The van der Waals surface area contributed by atoms with Gasteiger partial charge < -0.3 is 23.6 Å². The first-order valence-electron chi connectivity index (χ1n) is 11.7. The molecule has 2 aromatic heterocycles. The lowest BCUT2D eigenvalue weighted by Gasteiger charge is -2.12. The van der Waals surface area contributed by atoms with Gasteiger partial charge in [-0.15, -0.1) is 0 Å². The molecule has 1 amide bonds. The van der Waals surface area contributed by atoms with Gasteiger partial charge in [-0.3, -0.25) is 4.79 Å². The summed E-state index contributed by atoms with van der Waals surface area (Å²) in [7, 11) is 0. The maximum absolute atomic E-state index is 12.7. The van der Waals surface area contributed by atoms with Crippen LogP contribution < -0.4 is 14.9 Å². The van der Waals surface area contributed by atoms with Crippen molar-refractivity contribution in [2.24, 2.45) is 5.10 Å². The Kier molecular flexibility index (Phi) is 7.73. The molecule has 0 fully saturated rings. The van der Waals surface area contributed by atoms with Crippen molar-refractivity contribution in [3.8, 4) is 17.2 Å². The number of aromatic nitrogens is 1. The average Bonchev–Trinajstić information content (AvgIpc) is 3.50. The third kappa shape index (κ3) is 6.07. The summed E-state index contributed by atoms with van der Waals surface area (Å²) in [6.07, 6.45) is 1.51. The quantitative estimate of drug-likeness (QED) is 0.230. The van der Waals surface area contributed by atoms with Crippen molar-refractivity contribution in [2.75, 3.05) is 6.61 Å². The van der Waals surface area contributed by atoms with Crippen LogP contribution in [0.1, 0.15) is 50.5 Å². The fourth-order valence-corrected chi connectivity index (χ4v) is 3.80. The molecular weight excluding hydrogens is 474 g/mol. The number of aromatic carboxylic acids is 1. The molecule has 4 aromatic rings. The van der Waals surface area contributed by atoms with Gasteiger partial charge in [-0.05, 0) is 87.0 Å². The van der Waals surface area contributed by atoms with E-state index in [0.717, 1.165) is 17.1 Å². The molecule has 0 spiro atoms. The van der Waals surface area contributed by atoms with Crippen LogP contribution in [0, 0.1) is 13.8 Å². The second-order valence-electron chi connectivity index (χ2n) is 8.20. The number of benzene rings is 2. The van der Waals surface area contributed by atoms with E-state index in [2.05, 4.69) is 15.1 Å². The van der Waals surface area contributed by atoms with E-state index in [1.165, 1.54) is 12.3 Å². The van der Waals surface area contributed by atoms with Crippen LogP contribution in [0.2, 0.25) is 0 Å². The minimum Gasteiger partial charge on any atom is -0.490 e. The van der Waals surface area contributed by atoms with Crippen molar-refractivity contribution in [3.05, 3.63) is 101 Å². The van der Waals surface area contributed by atoms with E-state index in [1.807, 2.05) is 51.1 Å². The number of nitrogens with one attached hydrogen (secondary N) is 1. The Hall–Kier alpha value is -4.79. The average molecular weight is 502 g/mol. The third-order valence-electron chi connectivity index (χ3n) is 5.53. The molecule has 0 bridgehead atoms. The molecule has 0 aliphatic rings. The maximum atomic E-state index is 12.7. The van der Waals surface area contributed by atoms with Crippen LogP contribution in [0.5, 0.6) is 11.5 Å². The molecule has 4 rings (SSSR count). The Bertz CT molecular complexity index is 1430. The Morgan fingerprint density at radius 3 is 2.49 bits per heavy atom. The summed E-state index contributed by atoms with van der Waals surface area (Å²) < 4.78 is 18.7. The lowest BCUT2D eigenvalue weighted by Crippen LogP contribution is -2.18. The van der Waals surface area contributed by atoms with Crippen LogP contribution in [-0.4, -0.2) is 34.4 Å². The van der Waals surface area contributed by atoms with Crippen LogP contribution in [-0.2, 0) is 6.61 Å². The van der Waals surface area contributed by atoms with Crippen LogP contribution >= 0.6 is 0 Å². The van der Waals surface area contributed by atoms with Crippen LogP contribution in [0.15, 0.2) is 76.2 Å². The van der Waals surface area contributed by atoms with Gasteiger partial charge in [-0.1, -0.05) is 6.07 Å². The first kappa shape index (κ1) is 25.3. The molecule has 0 unspecified atom stereocenters. The normalized spacial score (nSPS) is 11.0. The highest BCUT2D eigenvalue weighted by Crippen LogP contribution is 2.29. The van der Waals surface area contributed by atoms with Crippen molar-refractivity contribution < 1.29 is 28.6 Å². The van der Waals surface area contributed by atoms with E-state index in [1.54, 1.807) is 30.3 Å². The number of aryl methyl sites for hydroxylation is 2. The number of carbonyl (C=O) groups is 2. The topological polar surface area (TPSA) is 115 Å². The van der Waals surface area contributed by atoms with E-state index in [0.29, 0.717) is 35.0 Å². The van der Waals surface area contributed by atoms with E-state index in [9.17, 15) is 9.59 Å². The summed E-state index contributed by atoms with van der Waals surface area (Å²) in [5.41, 5.74) is 6.81. The van der Waals surface area contributed by atoms with Gasteiger partial charge in [0.1, 0.15) is 12.4 Å². The van der Waals surface area contributed by atoms with Crippen molar-refractivity contribution in [1.82, 2.24) is 9.99 Å². The fraction of sp³-hybridized carbons (Fsp3) is 0.179. The van der Waals surface area contributed by atoms with Gasteiger partial charge >= 0.3 is 5.97 Å². The SMILES string of the molecule is CCOc1cc(C=NNC(=O)c2cccc(-n3c(C)ccc3C)c2)ccc1OCc1ccc(C(=O)O)o1. The van der Waals surface area contributed by atoms with Gasteiger partial charge in [0.05, 0.1) is 12.8 Å². The molecule has 2 N–H and O–H groups in total. The zero-order valence-electron chi connectivity index (χ0n) is 20.7. The number of ether oxygens (including phenoxy) is 2. The molecule has 0 atom stereocenters. The van der Waals surface area contributed by atoms with Gasteiger partial charge in [-0.25, -0.2) is 10.2 Å². The van der Waals surface area contributed by atoms with Gasteiger partial charge in [-0.2, -0.15) is 5.10 Å². The molecule has 2 heterocycles. The fourth-order valence-electron chi connectivity index (χ4n) is 3.80. The second-order valence-corrected chi connectivity index (χ2v) is 8.20. The summed E-state index contributed by atoms with van der Waals surface area (Å²) in [6.45, 7) is 6.33. The zero-order chi connectivity index (χ0) is 26.4. The highest BCUT2D eigenvalue weighted by Gasteiger charge is 2.12. The summed E-state index contributed by atoms with van der Waals surface area (Å²) >= 11 is 0. The number of carboxylic acid groups (broad SMARTS) is 1. The van der Waals surface area contributed by atoms with Gasteiger partial charge in [0.15, 0.2) is 11.5 Å². The molecule has 0 saturated carbocycles. The third-order valence-corrected chi connectivity index (χ3v) is 5.53. The van der Waals surface area contributed by atoms with Gasteiger partial charge in [0, 0.05) is 22.6 Å². The van der Waals surface area contributed by atoms with E-state index in [-0.39, 0.29) is 18.3 Å². The van der Waals surface area contributed by atoms with Crippen LogP contribution in [0.4, 0.5) is 0 Å². The summed E-state index contributed by atoms with van der Waals surface area (Å²) in [6, 6.07) is 19.5. The molecule has 0 aliphatic heterocycles. The largest absolute Gasteiger partial charge is 0.490 e. The Morgan fingerprint density at radius 1 is 1.00 bits per heavy atom. The number of hydrogen-bond acceptors (Lipinski definition) is 6. The Balaban J connectivity index is 1.42. The lowest BCUT2D eigenvalue weighted by atomic mass is 10.2. The lowest BCUT2D eigenvalue weighted by molar-refractivity contribution is 0.0657. The first-order valence-corrected chi connectivity index (χ1v) is 11.7. The number of furan rings is 1. The Morgan fingerprint density at radius 2 is 1.78 bits per heavy atom. The van der Waals surface area contributed by atoms with Crippen molar-refractivity contribution >= 4 is 18.1 Å².